The minimum atomic E-state index is 0.139. The average molecular weight is 271 g/mol. The third-order valence-corrected chi connectivity index (χ3v) is 4.99. The van der Waals surface area contributed by atoms with Crippen molar-refractivity contribution in [1.82, 2.24) is 4.90 Å². The summed E-state index contributed by atoms with van der Waals surface area (Å²) in [6.07, 6.45) is 16.8. The normalized spacial score (nSPS) is 33.4. The van der Waals surface area contributed by atoms with Crippen LogP contribution in [0.15, 0.2) is 47.5 Å². The van der Waals surface area contributed by atoms with Crippen molar-refractivity contribution in [3.05, 3.63) is 47.5 Å². The number of ether oxygens (including phenoxy) is 2. The van der Waals surface area contributed by atoms with Crippen LogP contribution >= 0.6 is 0 Å². The van der Waals surface area contributed by atoms with E-state index in [1.165, 1.54) is 37.1 Å². The third kappa shape index (κ3) is 1.58. The molecule has 3 nitrogen and oxygen atoms in total. The Morgan fingerprint density at radius 2 is 2.30 bits per heavy atom. The standard InChI is InChI=1S/C17H21NO2/c1-19-12-14-10-17-8-4-2-6-13(17)11-18-9-5-3-7-15(18)16(17)20-14/h5,9,11-12H,2-4,6-8,10H2,1H3. The van der Waals surface area contributed by atoms with Crippen LogP contribution in [0.1, 0.15) is 44.9 Å². The molecular formula is C17H21NO2. The number of methoxy groups -OCH3 is 1. The van der Waals surface area contributed by atoms with Gasteiger partial charge >= 0.3 is 0 Å². The highest BCUT2D eigenvalue weighted by atomic mass is 16.5. The Morgan fingerprint density at radius 3 is 3.20 bits per heavy atom. The van der Waals surface area contributed by atoms with Crippen LogP contribution in [0.4, 0.5) is 0 Å². The van der Waals surface area contributed by atoms with Crippen molar-refractivity contribution in [2.24, 2.45) is 5.41 Å². The lowest BCUT2D eigenvalue weighted by molar-refractivity contribution is 0.228. The summed E-state index contributed by atoms with van der Waals surface area (Å²) in [5.74, 6) is 2.20. The highest BCUT2D eigenvalue weighted by molar-refractivity contribution is 5.42. The summed E-state index contributed by atoms with van der Waals surface area (Å²) < 4.78 is 11.4. The molecule has 0 N–H and O–H groups in total. The van der Waals surface area contributed by atoms with Gasteiger partial charge in [-0.1, -0.05) is 12.5 Å². The summed E-state index contributed by atoms with van der Waals surface area (Å²) in [6.45, 7) is 0. The predicted octanol–water partition coefficient (Wildman–Crippen LogP) is 4.17. The molecule has 1 spiro atoms. The van der Waals surface area contributed by atoms with Crippen molar-refractivity contribution in [1.29, 1.82) is 0 Å². The summed E-state index contributed by atoms with van der Waals surface area (Å²) in [6, 6.07) is 0. The first kappa shape index (κ1) is 12.1. The Bertz CT molecular complexity index is 555. The van der Waals surface area contributed by atoms with Crippen molar-refractivity contribution >= 4 is 0 Å². The minimum absolute atomic E-state index is 0.139. The Hall–Kier alpha value is -1.64. The molecule has 106 valence electrons. The number of rotatable bonds is 1. The van der Waals surface area contributed by atoms with E-state index in [0.29, 0.717) is 0 Å². The molecule has 3 aliphatic heterocycles. The maximum Gasteiger partial charge on any atom is 0.139 e. The van der Waals surface area contributed by atoms with Gasteiger partial charge in [-0.25, -0.2) is 0 Å². The second kappa shape index (κ2) is 4.44. The van der Waals surface area contributed by atoms with Gasteiger partial charge in [-0.3, -0.25) is 0 Å². The Kier molecular flexibility index (Phi) is 2.69. The molecule has 1 atom stereocenters. The lowest BCUT2D eigenvalue weighted by atomic mass is 9.66. The van der Waals surface area contributed by atoms with Crippen molar-refractivity contribution in [3.63, 3.8) is 0 Å². The third-order valence-electron chi connectivity index (χ3n) is 4.99. The number of hydrogen-bond acceptors (Lipinski definition) is 3. The SMILES string of the molecule is COC=C1CC23CCCCC2=CN2C=CCCC2=C3O1. The highest BCUT2D eigenvalue weighted by Crippen LogP contribution is 2.59. The van der Waals surface area contributed by atoms with E-state index in [9.17, 15) is 0 Å². The van der Waals surface area contributed by atoms with E-state index in [2.05, 4.69) is 23.4 Å². The molecule has 3 heterocycles. The summed E-state index contributed by atoms with van der Waals surface area (Å²) in [5.41, 5.74) is 3.05. The van der Waals surface area contributed by atoms with Crippen LogP contribution in [0.2, 0.25) is 0 Å². The fourth-order valence-corrected chi connectivity index (χ4v) is 4.11. The van der Waals surface area contributed by atoms with E-state index in [1.807, 2.05) is 0 Å². The number of allylic oxidation sites excluding steroid dienone is 4. The van der Waals surface area contributed by atoms with Gasteiger partial charge in [0, 0.05) is 18.8 Å². The van der Waals surface area contributed by atoms with Gasteiger partial charge in [0.1, 0.15) is 17.8 Å². The minimum Gasteiger partial charge on any atom is -0.501 e. The van der Waals surface area contributed by atoms with Crippen LogP contribution in [0.3, 0.4) is 0 Å². The monoisotopic (exact) mass is 271 g/mol. The first-order valence-corrected chi connectivity index (χ1v) is 7.63. The second-order valence-corrected chi connectivity index (χ2v) is 6.15. The maximum atomic E-state index is 6.23. The van der Waals surface area contributed by atoms with Gasteiger partial charge in [-0.15, -0.1) is 0 Å². The molecule has 4 rings (SSSR count). The maximum absolute atomic E-state index is 6.23. The highest BCUT2D eigenvalue weighted by Gasteiger charge is 2.51. The summed E-state index contributed by atoms with van der Waals surface area (Å²) >= 11 is 0. The molecule has 0 aromatic rings. The van der Waals surface area contributed by atoms with E-state index in [-0.39, 0.29) is 5.41 Å². The van der Waals surface area contributed by atoms with E-state index in [1.54, 1.807) is 18.9 Å². The fourth-order valence-electron chi connectivity index (χ4n) is 4.11. The van der Waals surface area contributed by atoms with Gasteiger partial charge in [0.25, 0.3) is 0 Å². The van der Waals surface area contributed by atoms with Crippen LogP contribution in [0.25, 0.3) is 0 Å². The number of fused-ring (bicyclic) bond motifs is 1. The topological polar surface area (TPSA) is 21.7 Å². The number of hydrogen-bond donors (Lipinski definition) is 0. The Balaban J connectivity index is 1.85. The quantitative estimate of drug-likeness (QED) is 0.668. The van der Waals surface area contributed by atoms with Crippen LogP contribution in [0.5, 0.6) is 0 Å². The average Bonchev–Trinajstić information content (AvgIpc) is 2.83. The van der Waals surface area contributed by atoms with Gasteiger partial charge in [-0.2, -0.15) is 0 Å². The first-order chi connectivity index (χ1) is 9.83. The zero-order chi connectivity index (χ0) is 13.6. The first-order valence-electron chi connectivity index (χ1n) is 7.63. The zero-order valence-corrected chi connectivity index (χ0v) is 12.0. The second-order valence-electron chi connectivity index (χ2n) is 6.15. The van der Waals surface area contributed by atoms with Crippen molar-refractivity contribution in [2.75, 3.05) is 7.11 Å². The molecular weight excluding hydrogens is 250 g/mol. The van der Waals surface area contributed by atoms with E-state index >= 15 is 0 Å². The molecule has 0 amide bonds. The van der Waals surface area contributed by atoms with Gasteiger partial charge in [0.05, 0.1) is 18.2 Å². The molecule has 3 heteroatoms. The van der Waals surface area contributed by atoms with E-state index < -0.39 is 0 Å². The smallest absolute Gasteiger partial charge is 0.139 e. The molecule has 0 aromatic heterocycles. The van der Waals surface area contributed by atoms with E-state index in [4.69, 9.17) is 9.47 Å². The largest absolute Gasteiger partial charge is 0.501 e. The number of nitrogens with zero attached hydrogens (tertiary/aromatic N) is 1. The molecule has 0 bridgehead atoms. The Labute approximate surface area is 120 Å². The molecule has 0 radical (unpaired) electrons. The molecule has 20 heavy (non-hydrogen) atoms. The van der Waals surface area contributed by atoms with E-state index in [0.717, 1.165) is 25.0 Å². The summed E-state index contributed by atoms with van der Waals surface area (Å²) in [7, 11) is 1.70. The molecule has 0 aromatic carbocycles. The van der Waals surface area contributed by atoms with Crippen LogP contribution in [0, 0.1) is 5.41 Å². The predicted molar refractivity (Wildman–Crippen MR) is 77.0 cm³/mol. The van der Waals surface area contributed by atoms with Crippen molar-refractivity contribution in [2.45, 2.75) is 44.9 Å². The molecule has 1 unspecified atom stereocenters. The molecule has 1 saturated heterocycles. The molecule has 1 aliphatic carbocycles. The van der Waals surface area contributed by atoms with Crippen molar-refractivity contribution in [3.8, 4) is 0 Å². The Morgan fingerprint density at radius 1 is 1.35 bits per heavy atom. The van der Waals surface area contributed by atoms with Gasteiger partial charge in [0.2, 0.25) is 0 Å². The molecule has 4 aliphatic rings. The fraction of sp³-hybridized carbons (Fsp3) is 0.529. The lowest BCUT2D eigenvalue weighted by Gasteiger charge is -2.42. The van der Waals surface area contributed by atoms with Crippen LogP contribution < -0.4 is 0 Å². The van der Waals surface area contributed by atoms with Gasteiger partial charge in [0.15, 0.2) is 0 Å². The zero-order valence-electron chi connectivity index (χ0n) is 12.0. The lowest BCUT2D eigenvalue weighted by Crippen LogP contribution is -2.34. The summed E-state index contributed by atoms with van der Waals surface area (Å²) in [5, 5.41) is 0. The van der Waals surface area contributed by atoms with Crippen molar-refractivity contribution < 1.29 is 9.47 Å². The van der Waals surface area contributed by atoms with Gasteiger partial charge < -0.3 is 14.4 Å². The van der Waals surface area contributed by atoms with Crippen LogP contribution in [-0.2, 0) is 9.47 Å². The molecule has 1 saturated carbocycles. The summed E-state index contributed by atoms with van der Waals surface area (Å²) in [4.78, 5) is 2.29. The molecule has 2 fully saturated rings. The van der Waals surface area contributed by atoms with Crippen LogP contribution in [-0.4, -0.2) is 12.0 Å². The van der Waals surface area contributed by atoms with Gasteiger partial charge in [-0.05, 0) is 37.7 Å².